The fourth-order valence-corrected chi connectivity index (χ4v) is 3.86. The molecule has 29 heavy (non-hydrogen) atoms. The number of nitrogens with zero attached hydrogens (tertiary/aromatic N) is 4. The SMILES string of the molecule is COc1ccc(-c2nc3s/c(=C\c4ccc(N(C)C)cc4)c(=O)n3n2)cc1OC. The highest BCUT2D eigenvalue weighted by atomic mass is 32.1. The fraction of sp³-hybridized carbons (Fsp3) is 0.190. The van der Waals surface area contributed by atoms with E-state index in [1.54, 1.807) is 26.4 Å². The van der Waals surface area contributed by atoms with E-state index in [-0.39, 0.29) is 5.56 Å². The van der Waals surface area contributed by atoms with Gasteiger partial charge in [-0.25, -0.2) is 0 Å². The summed E-state index contributed by atoms with van der Waals surface area (Å²) in [4.78, 5) is 19.9. The van der Waals surface area contributed by atoms with Crippen molar-refractivity contribution < 1.29 is 9.47 Å². The van der Waals surface area contributed by atoms with Crippen LogP contribution in [0.25, 0.3) is 22.4 Å². The molecule has 2 heterocycles. The Morgan fingerprint density at radius 3 is 2.38 bits per heavy atom. The van der Waals surface area contributed by atoms with E-state index in [0.29, 0.717) is 26.8 Å². The summed E-state index contributed by atoms with van der Waals surface area (Å²) < 4.78 is 12.5. The van der Waals surface area contributed by atoms with Crippen LogP contribution in [0.2, 0.25) is 0 Å². The van der Waals surface area contributed by atoms with Gasteiger partial charge < -0.3 is 14.4 Å². The van der Waals surface area contributed by atoms with Crippen LogP contribution in [-0.4, -0.2) is 42.9 Å². The van der Waals surface area contributed by atoms with E-state index in [1.165, 1.54) is 15.9 Å². The minimum atomic E-state index is -0.180. The first-order valence-corrected chi connectivity index (χ1v) is 9.73. The molecule has 0 radical (unpaired) electrons. The number of ether oxygens (including phenoxy) is 2. The molecule has 0 fully saturated rings. The molecule has 0 atom stereocenters. The van der Waals surface area contributed by atoms with Crippen molar-refractivity contribution in [3.63, 3.8) is 0 Å². The molecule has 0 aliphatic carbocycles. The number of aromatic nitrogens is 3. The van der Waals surface area contributed by atoms with Crippen molar-refractivity contribution in [2.24, 2.45) is 0 Å². The van der Waals surface area contributed by atoms with Crippen molar-refractivity contribution >= 4 is 28.1 Å². The molecule has 0 spiro atoms. The molecule has 0 saturated carbocycles. The molecule has 0 N–H and O–H groups in total. The van der Waals surface area contributed by atoms with Gasteiger partial charge in [-0.2, -0.15) is 9.50 Å². The van der Waals surface area contributed by atoms with Crippen molar-refractivity contribution in [3.05, 3.63) is 62.9 Å². The van der Waals surface area contributed by atoms with Crippen molar-refractivity contribution in [2.45, 2.75) is 0 Å². The zero-order valence-corrected chi connectivity index (χ0v) is 17.4. The Morgan fingerprint density at radius 2 is 1.76 bits per heavy atom. The first kappa shape index (κ1) is 18.9. The highest BCUT2D eigenvalue weighted by molar-refractivity contribution is 7.15. The summed E-state index contributed by atoms with van der Waals surface area (Å²) in [6.45, 7) is 0. The molecule has 0 unspecified atom stereocenters. The van der Waals surface area contributed by atoms with E-state index in [0.717, 1.165) is 16.8 Å². The van der Waals surface area contributed by atoms with E-state index in [4.69, 9.17) is 9.47 Å². The van der Waals surface area contributed by atoms with Crippen LogP contribution in [0.5, 0.6) is 11.5 Å². The standard InChI is InChI=1S/C21H20N4O3S/c1-24(2)15-8-5-13(6-9-15)11-18-20(26)25-21(29-18)22-19(23-25)14-7-10-16(27-3)17(12-14)28-4/h5-12H,1-4H3/b18-11-. The zero-order valence-electron chi connectivity index (χ0n) is 16.5. The Balaban J connectivity index is 1.72. The van der Waals surface area contributed by atoms with Gasteiger partial charge in [-0.15, -0.1) is 5.10 Å². The minimum absolute atomic E-state index is 0.180. The van der Waals surface area contributed by atoms with Crippen LogP contribution in [-0.2, 0) is 0 Å². The number of anilines is 1. The minimum Gasteiger partial charge on any atom is -0.493 e. The molecular formula is C21H20N4O3S. The maximum absolute atomic E-state index is 12.8. The van der Waals surface area contributed by atoms with Crippen molar-refractivity contribution in [2.75, 3.05) is 33.2 Å². The maximum atomic E-state index is 12.8. The maximum Gasteiger partial charge on any atom is 0.291 e. The normalized spacial score (nSPS) is 11.8. The molecule has 4 aromatic rings. The number of methoxy groups -OCH3 is 2. The van der Waals surface area contributed by atoms with Gasteiger partial charge in [0, 0.05) is 25.3 Å². The second kappa shape index (κ2) is 7.56. The van der Waals surface area contributed by atoms with Crippen LogP contribution in [0.15, 0.2) is 47.3 Å². The fourth-order valence-electron chi connectivity index (χ4n) is 2.95. The average molecular weight is 408 g/mol. The molecule has 8 heteroatoms. The second-order valence-electron chi connectivity index (χ2n) is 6.60. The largest absolute Gasteiger partial charge is 0.493 e. The van der Waals surface area contributed by atoms with Gasteiger partial charge in [0.15, 0.2) is 17.3 Å². The monoisotopic (exact) mass is 408 g/mol. The summed E-state index contributed by atoms with van der Waals surface area (Å²) in [5, 5.41) is 4.39. The van der Waals surface area contributed by atoms with E-state index < -0.39 is 0 Å². The summed E-state index contributed by atoms with van der Waals surface area (Å²) in [5.74, 6) is 1.68. The van der Waals surface area contributed by atoms with Gasteiger partial charge >= 0.3 is 0 Å². The van der Waals surface area contributed by atoms with Crippen LogP contribution in [0, 0.1) is 0 Å². The summed E-state index contributed by atoms with van der Waals surface area (Å²) in [6, 6.07) is 13.4. The van der Waals surface area contributed by atoms with Crippen molar-refractivity contribution in [3.8, 4) is 22.9 Å². The topological polar surface area (TPSA) is 69.0 Å². The average Bonchev–Trinajstić information content (AvgIpc) is 3.27. The highest BCUT2D eigenvalue weighted by Crippen LogP contribution is 2.31. The molecule has 0 bridgehead atoms. The van der Waals surface area contributed by atoms with Gasteiger partial charge in [0.2, 0.25) is 4.96 Å². The Labute approximate surface area is 171 Å². The molecule has 0 amide bonds. The van der Waals surface area contributed by atoms with Gasteiger partial charge in [0.1, 0.15) is 0 Å². The van der Waals surface area contributed by atoms with E-state index in [9.17, 15) is 4.79 Å². The molecule has 4 rings (SSSR count). The smallest absolute Gasteiger partial charge is 0.291 e. The third kappa shape index (κ3) is 3.54. The number of rotatable bonds is 5. The molecule has 2 aromatic carbocycles. The van der Waals surface area contributed by atoms with Crippen molar-refractivity contribution in [1.82, 2.24) is 14.6 Å². The first-order chi connectivity index (χ1) is 14.0. The summed E-state index contributed by atoms with van der Waals surface area (Å²) in [6.07, 6.45) is 1.86. The second-order valence-corrected chi connectivity index (χ2v) is 7.61. The lowest BCUT2D eigenvalue weighted by molar-refractivity contribution is 0.355. The summed E-state index contributed by atoms with van der Waals surface area (Å²) in [7, 11) is 7.14. The third-order valence-corrected chi connectivity index (χ3v) is 5.49. The first-order valence-electron chi connectivity index (χ1n) is 8.91. The lowest BCUT2D eigenvalue weighted by atomic mass is 10.2. The predicted molar refractivity (Wildman–Crippen MR) is 115 cm³/mol. The van der Waals surface area contributed by atoms with Crippen LogP contribution >= 0.6 is 11.3 Å². The molecule has 7 nitrogen and oxygen atoms in total. The van der Waals surface area contributed by atoms with Crippen LogP contribution in [0.3, 0.4) is 0 Å². The Hall–Kier alpha value is -3.39. The quantitative estimate of drug-likeness (QED) is 0.505. The van der Waals surface area contributed by atoms with Crippen molar-refractivity contribution in [1.29, 1.82) is 0 Å². The Morgan fingerprint density at radius 1 is 1.03 bits per heavy atom. The molecule has 0 aliphatic heterocycles. The van der Waals surface area contributed by atoms with Gasteiger partial charge in [0.05, 0.1) is 18.8 Å². The molecular weight excluding hydrogens is 388 g/mol. The van der Waals surface area contributed by atoms with Gasteiger partial charge in [-0.3, -0.25) is 4.79 Å². The van der Waals surface area contributed by atoms with Gasteiger partial charge in [-0.05, 0) is 42.0 Å². The number of hydrogen-bond donors (Lipinski definition) is 0. The van der Waals surface area contributed by atoms with Crippen LogP contribution in [0.1, 0.15) is 5.56 Å². The molecule has 148 valence electrons. The zero-order chi connectivity index (χ0) is 20.5. The number of hydrogen-bond acceptors (Lipinski definition) is 7. The highest BCUT2D eigenvalue weighted by Gasteiger charge is 2.14. The lowest BCUT2D eigenvalue weighted by Crippen LogP contribution is -2.23. The summed E-state index contributed by atoms with van der Waals surface area (Å²) in [5.41, 5.74) is 2.63. The Bertz CT molecular complexity index is 1280. The summed E-state index contributed by atoms with van der Waals surface area (Å²) >= 11 is 1.32. The predicted octanol–water partition coefficient (Wildman–Crippen LogP) is 2.45. The number of benzene rings is 2. The van der Waals surface area contributed by atoms with E-state index in [1.807, 2.05) is 55.4 Å². The number of fused-ring (bicyclic) bond motifs is 1. The Kier molecular flexibility index (Phi) is 4.94. The van der Waals surface area contributed by atoms with E-state index in [2.05, 4.69) is 10.1 Å². The molecule has 2 aromatic heterocycles. The van der Waals surface area contributed by atoms with E-state index >= 15 is 0 Å². The van der Waals surface area contributed by atoms with Gasteiger partial charge in [-0.1, -0.05) is 23.5 Å². The van der Waals surface area contributed by atoms with Gasteiger partial charge in [0.25, 0.3) is 5.56 Å². The third-order valence-electron chi connectivity index (χ3n) is 4.53. The van der Waals surface area contributed by atoms with Crippen LogP contribution in [0.4, 0.5) is 5.69 Å². The molecule has 0 saturated heterocycles. The molecule has 0 aliphatic rings. The van der Waals surface area contributed by atoms with Crippen LogP contribution < -0.4 is 24.5 Å². The lowest BCUT2D eigenvalue weighted by Gasteiger charge is -2.11. The number of thiazole rings is 1.